The van der Waals surface area contributed by atoms with Crippen molar-refractivity contribution in [1.82, 2.24) is 5.01 Å². The summed E-state index contributed by atoms with van der Waals surface area (Å²) in [7, 11) is 0. The number of amidine groups is 2. The maximum absolute atomic E-state index is 12.6. The standard InChI is InChI=1S/C27H22N4O4S/c28-25-23(17-19-11-13-22(14-12-19)34-16-15-33-20-7-3-1-4-8-20)26(32)29-27-31(25)30-24(36-27)18-35-21-9-5-2-6-10-21/h1-14,17,28H,15-16,18H2/b23-17+,28-25?. The number of hydrogen-bond donors (Lipinski definition) is 1. The average Bonchev–Trinajstić information content (AvgIpc) is 3.33. The van der Waals surface area contributed by atoms with Crippen LogP contribution in [-0.2, 0) is 4.79 Å². The lowest BCUT2D eigenvalue weighted by atomic mass is 10.1. The second kappa shape index (κ2) is 10.9. The molecule has 0 bridgehead atoms. The van der Waals surface area contributed by atoms with E-state index in [4.69, 9.17) is 19.6 Å². The molecule has 3 aromatic rings. The maximum Gasteiger partial charge on any atom is 0.283 e. The van der Waals surface area contributed by atoms with Crippen LogP contribution in [0.15, 0.2) is 101 Å². The van der Waals surface area contributed by atoms with Gasteiger partial charge in [0.15, 0.2) is 5.84 Å². The molecule has 0 unspecified atom stereocenters. The van der Waals surface area contributed by atoms with Gasteiger partial charge in [0.2, 0.25) is 5.17 Å². The highest BCUT2D eigenvalue weighted by molar-refractivity contribution is 8.27. The van der Waals surface area contributed by atoms with Crippen molar-refractivity contribution >= 4 is 39.8 Å². The van der Waals surface area contributed by atoms with Crippen molar-refractivity contribution in [3.63, 3.8) is 0 Å². The maximum atomic E-state index is 12.6. The largest absolute Gasteiger partial charge is 0.490 e. The molecule has 0 aromatic heterocycles. The molecule has 3 aromatic carbocycles. The third-order valence-corrected chi connectivity index (χ3v) is 6.04. The molecule has 0 aliphatic carbocycles. The van der Waals surface area contributed by atoms with Crippen LogP contribution in [-0.4, -0.2) is 46.8 Å². The van der Waals surface area contributed by atoms with Crippen LogP contribution in [0.1, 0.15) is 5.56 Å². The summed E-state index contributed by atoms with van der Waals surface area (Å²) in [5, 5.41) is 15.3. The van der Waals surface area contributed by atoms with Gasteiger partial charge in [-0.25, -0.2) is 0 Å². The third kappa shape index (κ3) is 5.64. The van der Waals surface area contributed by atoms with Gasteiger partial charge in [0.05, 0.1) is 5.57 Å². The Morgan fingerprint density at radius 1 is 0.806 bits per heavy atom. The highest BCUT2D eigenvalue weighted by Crippen LogP contribution is 2.29. The number of ether oxygens (including phenoxy) is 3. The number of fused-ring (bicyclic) bond motifs is 1. The number of carbonyl (C=O) groups is 1. The number of nitrogens with one attached hydrogen (secondary N) is 1. The van der Waals surface area contributed by atoms with Crippen molar-refractivity contribution < 1.29 is 19.0 Å². The lowest BCUT2D eigenvalue weighted by Crippen LogP contribution is -2.35. The number of rotatable bonds is 9. The Labute approximate surface area is 212 Å². The molecule has 180 valence electrons. The predicted octanol–water partition coefficient (Wildman–Crippen LogP) is 4.84. The molecule has 0 radical (unpaired) electrons. The summed E-state index contributed by atoms with van der Waals surface area (Å²) in [6.07, 6.45) is 1.63. The molecule has 0 atom stereocenters. The van der Waals surface area contributed by atoms with E-state index in [-0.39, 0.29) is 18.0 Å². The van der Waals surface area contributed by atoms with E-state index in [1.54, 1.807) is 6.08 Å². The van der Waals surface area contributed by atoms with Crippen LogP contribution in [0, 0.1) is 5.41 Å². The number of benzene rings is 3. The highest BCUT2D eigenvalue weighted by atomic mass is 32.2. The minimum Gasteiger partial charge on any atom is -0.490 e. The monoisotopic (exact) mass is 498 g/mol. The molecule has 2 aliphatic heterocycles. The molecule has 0 saturated heterocycles. The Morgan fingerprint density at radius 2 is 1.39 bits per heavy atom. The van der Waals surface area contributed by atoms with E-state index in [9.17, 15) is 4.79 Å². The Kier molecular flexibility index (Phi) is 7.09. The molecule has 1 N–H and O–H groups in total. The van der Waals surface area contributed by atoms with Gasteiger partial charge in [-0.2, -0.15) is 15.1 Å². The number of thioether (sulfide) groups is 1. The van der Waals surface area contributed by atoms with Gasteiger partial charge in [-0.3, -0.25) is 10.2 Å². The summed E-state index contributed by atoms with van der Waals surface area (Å²) in [5.41, 5.74) is 0.913. The summed E-state index contributed by atoms with van der Waals surface area (Å²) in [6, 6.07) is 26.2. The number of para-hydroxylation sites is 2. The van der Waals surface area contributed by atoms with Crippen molar-refractivity contribution in [2.24, 2.45) is 10.1 Å². The van der Waals surface area contributed by atoms with Crippen molar-refractivity contribution in [3.05, 3.63) is 96.1 Å². The van der Waals surface area contributed by atoms with Crippen LogP contribution in [0.2, 0.25) is 0 Å². The minimum absolute atomic E-state index is 0.0226. The SMILES string of the molecule is N=C1/C(=C\c2ccc(OCCOc3ccccc3)cc2)C(=O)N=C2SC(COc3ccccc3)=NN12. The molecule has 0 saturated carbocycles. The number of hydrogen-bond acceptors (Lipinski definition) is 7. The molecule has 9 heteroatoms. The zero-order valence-electron chi connectivity index (χ0n) is 19.2. The fraction of sp³-hybridized carbons (Fsp3) is 0.111. The van der Waals surface area contributed by atoms with E-state index in [2.05, 4.69) is 10.1 Å². The Bertz CT molecular complexity index is 1340. The van der Waals surface area contributed by atoms with Crippen LogP contribution >= 0.6 is 11.8 Å². The van der Waals surface area contributed by atoms with E-state index in [0.29, 0.717) is 29.2 Å². The average molecular weight is 499 g/mol. The lowest BCUT2D eigenvalue weighted by Gasteiger charge is -2.20. The van der Waals surface area contributed by atoms with Gasteiger partial charge in [0, 0.05) is 0 Å². The predicted molar refractivity (Wildman–Crippen MR) is 141 cm³/mol. The fourth-order valence-electron chi connectivity index (χ4n) is 3.41. The Hall–Kier alpha value is -4.37. The van der Waals surface area contributed by atoms with Gasteiger partial charge in [0.1, 0.15) is 42.1 Å². The molecule has 2 heterocycles. The quantitative estimate of drug-likeness (QED) is 0.335. The first kappa shape index (κ1) is 23.4. The lowest BCUT2D eigenvalue weighted by molar-refractivity contribution is -0.114. The first-order valence-corrected chi connectivity index (χ1v) is 12.0. The van der Waals surface area contributed by atoms with Gasteiger partial charge in [0.25, 0.3) is 5.91 Å². The molecule has 36 heavy (non-hydrogen) atoms. The van der Waals surface area contributed by atoms with Crippen molar-refractivity contribution in [3.8, 4) is 17.2 Å². The minimum atomic E-state index is -0.474. The van der Waals surface area contributed by atoms with E-state index < -0.39 is 5.91 Å². The first-order chi connectivity index (χ1) is 17.7. The van der Waals surface area contributed by atoms with Crippen LogP contribution in [0.3, 0.4) is 0 Å². The van der Waals surface area contributed by atoms with Crippen LogP contribution in [0.4, 0.5) is 0 Å². The highest BCUT2D eigenvalue weighted by Gasteiger charge is 2.35. The van der Waals surface area contributed by atoms with Crippen LogP contribution < -0.4 is 14.2 Å². The van der Waals surface area contributed by atoms with E-state index >= 15 is 0 Å². The van der Waals surface area contributed by atoms with Crippen LogP contribution in [0.25, 0.3) is 6.08 Å². The molecule has 0 fully saturated rings. The molecular weight excluding hydrogens is 476 g/mol. The summed E-state index contributed by atoms with van der Waals surface area (Å²) < 4.78 is 17.1. The van der Waals surface area contributed by atoms with Gasteiger partial charge in [-0.1, -0.05) is 48.5 Å². The molecule has 5 rings (SSSR count). The fourth-order valence-corrected chi connectivity index (χ4v) is 4.21. The Morgan fingerprint density at radius 3 is 2.03 bits per heavy atom. The number of nitrogens with zero attached hydrogens (tertiary/aromatic N) is 3. The first-order valence-electron chi connectivity index (χ1n) is 11.2. The van der Waals surface area contributed by atoms with Gasteiger partial charge in [-0.05, 0) is 59.8 Å². The number of aliphatic imine (C=N–C) groups is 1. The zero-order chi connectivity index (χ0) is 24.7. The molecule has 1 amide bonds. The van der Waals surface area contributed by atoms with Crippen LogP contribution in [0.5, 0.6) is 17.2 Å². The summed E-state index contributed by atoms with van der Waals surface area (Å²) in [4.78, 5) is 16.8. The van der Waals surface area contributed by atoms with Crippen molar-refractivity contribution in [2.45, 2.75) is 0 Å². The summed E-state index contributed by atoms with van der Waals surface area (Å²) in [5.74, 6) is 1.70. The molecular formula is C27H22N4O4S. The van der Waals surface area contributed by atoms with Crippen molar-refractivity contribution in [1.29, 1.82) is 5.41 Å². The number of amides is 1. The number of carbonyl (C=O) groups excluding carboxylic acids is 1. The second-order valence-electron chi connectivity index (χ2n) is 7.69. The van der Waals surface area contributed by atoms with Gasteiger partial charge in [-0.15, -0.1) is 0 Å². The van der Waals surface area contributed by atoms with E-state index in [1.165, 1.54) is 16.8 Å². The summed E-state index contributed by atoms with van der Waals surface area (Å²) in [6.45, 7) is 1.05. The normalized spacial score (nSPS) is 15.9. The van der Waals surface area contributed by atoms with E-state index in [0.717, 1.165) is 17.1 Å². The summed E-state index contributed by atoms with van der Waals surface area (Å²) >= 11 is 1.22. The topological polar surface area (TPSA) is 96.6 Å². The van der Waals surface area contributed by atoms with Gasteiger partial charge >= 0.3 is 0 Å². The number of hydrazone groups is 1. The molecule has 8 nitrogen and oxygen atoms in total. The van der Waals surface area contributed by atoms with Gasteiger partial charge < -0.3 is 14.2 Å². The third-order valence-electron chi connectivity index (χ3n) is 5.16. The van der Waals surface area contributed by atoms with E-state index in [1.807, 2.05) is 84.9 Å². The smallest absolute Gasteiger partial charge is 0.283 e. The second-order valence-corrected chi connectivity index (χ2v) is 8.74. The molecule has 0 spiro atoms. The van der Waals surface area contributed by atoms with Crippen molar-refractivity contribution in [2.75, 3.05) is 19.8 Å². The molecule has 2 aliphatic rings. The zero-order valence-corrected chi connectivity index (χ0v) is 20.0. The Balaban J connectivity index is 1.18.